The number of rotatable bonds is 5. The fourth-order valence-electron chi connectivity index (χ4n) is 1.59. The van der Waals surface area contributed by atoms with Crippen LogP contribution in [-0.4, -0.2) is 9.97 Å². The summed E-state index contributed by atoms with van der Waals surface area (Å²) in [4.78, 5) is 8.57. The van der Waals surface area contributed by atoms with Gasteiger partial charge in [0.25, 0.3) is 0 Å². The predicted octanol–water partition coefficient (Wildman–Crippen LogP) is 3.16. The van der Waals surface area contributed by atoms with Crippen molar-refractivity contribution in [2.45, 2.75) is 19.8 Å². The molecule has 0 aliphatic carbocycles. The summed E-state index contributed by atoms with van der Waals surface area (Å²) in [7, 11) is 0. The highest BCUT2D eigenvalue weighted by Gasteiger charge is 2.06. The minimum absolute atomic E-state index is 0.439. The Morgan fingerprint density at radius 3 is 2.84 bits per heavy atom. The van der Waals surface area contributed by atoms with Crippen molar-refractivity contribution >= 4 is 17.4 Å². The number of hydrazine groups is 1. The number of hydrogen-bond donors (Lipinski definition) is 2. The number of hydrogen-bond acceptors (Lipinski definition) is 5. The summed E-state index contributed by atoms with van der Waals surface area (Å²) < 4.78 is 5.66. The lowest BCUT2D eigenvalue weighted by atomic mass is 10.3. The van der Waals surface area contributed by atoms with E-state index in [4.69, 9.17) is 22.2 Å². The van der Waals surface area contributed by atoms with E-state index in [1.54, 1.807) is 18.2 Å². The third-order valence-electron chi connectivity index (χ3n) is 2.39. The molecule has 0 fully saturated rings. The Morgan fingerprint density at radius 2 is 2.16 bits per heavy atom. The highest BCUT2D eigenvalue weighted by molar-refractivity contribution is 6.30. The molecular weight excluding hydrogens is 264 g/mol. The number of aromatic nitrogens is 2. The Bertz CT molecular complexity index is 562. The largest absolute Gasteiger partial charge is 0.439 e. The van der Waals surface area contributed by atoms with Crippen molar-refractivity contribution in [2.24, 2.45) is 5.84 Å². The molecule has 5 nitrogen and oxygen atoms in total. The number of halogens is 1. The molecular formula is C13H15ClN4O. The summed E-state index contributed by atoms with van der Waals surface area (Å²) in [5, 5.41) is 0.609. The van der Waals surface area contributed by atoms with Gasteiger partial charge in [-0.05, 0) is 24.6 Å². The smallest absolute Gasteiger partial charge is 0.224 e. The highest BCUT2D eigenvalue weighted by atomic mass is 35.5. The molecule has 100 valence electrons. The molecule has 6 heteroatoms. The number of nitrogens with zero attached hydrogens (tertiary/aromatic N) is 2. The second-order valence-electron chi connectivity index (χ2n) is 3.96. The molecule has 0 aliphatic rings. The third-order valence-corrected chi connectivity index (χ3v) is 2.62. The van der Waals surface area contributed by atoms with Crippen LogP contribution in [0.15, 0.2) is 30.3 Å². The molecule has 0 saturated carbocycles. The fourth-order valence-corrected chi connectivity index (χ4v) is 1.77. The van der Waals surface area contributed by atoms with Crippen LogP contribution in [0.25, 0.3) is 0 Å². The summed E-state index contributed by atoms with van der Waals surface area (Å²) in [6, 6.07) is 8.76. The van der Waals surface area contributed by atoms with E-state index < -0.39 is 0 Å². The van der Waals surface area contributed by atoms with Gasteiger partial charge >= 0.3 is 0 Å². The maximum Gasteiger partial charge on any atom is 0.224 e. The zero-order chi connectivity index (χ0) is 13.7. The normalized spacial score (nSPS) is 10.3. The first-order chi connectivity index (χ1) is 9.21. The predicted molar refractivity (Wildman–Crippen MR) is 75.4 cm³/mol. The van der Waals surface area contributed by atoms with Crippen LogP contribution < -0.4 is 16.0 Å². The first kappa shape index (κ1) is 13.6. The number of ether oxygens (including phenoxy) is 1. The monoisotopic (exact) mass is 278 g/mol. The van der Waals surface area contributed by atoms with Crippen molar-refractivity contribution in [1.29, 1.82) is 0 Å². The number of anilines is 1. The van der Waals surface area contributed by atoms with Crippen molar-refractivity contribution in [3.63, 3.8) is 0 Å². The molecule has 0 spiro atoms. The number of aryl methyl sites for hydroxylation is 1. The molecule has 0 aliphatic heterocycles. The summed E-state index contributed by atoms with van der Waals surface area (Å²) >= 11 is 5.91. The Balaban J connectivity index is 2.26. The fraction of sp³-hybridized carbons (Fsp3) is 0.231. The second kappa shape index (κ2) is 6.36. The van der Waals surface area contributed by atoms with E-state index in [0.717, 1.165) is 12.8 Å². The van der Waals surface area contributed by atoms with Crippen molar-refractivity contribution in [3.8, 4) is 11.6 Å². The van der Waals surface area contributed by atoms with E-state index in [-0.39, 0.29) is 0 Å². The van der Waals surface area contributed by atoms with Crippen molar-refractivity contribution in [3.05, 3.63) is 41.2 Å². The zero-order valence-electron chi connectivity index (χ0n) is 10.6. The average Bonchev–Trinajstić information content (AvgIpc) is 2.39. The Kier molecular flexibility index (Phi) is 4.54. The maximum atomic E-state index is 5.91. The van der Waals surface area contributed by atoms with Gasteiger partial charge < -0.3 is 10.2 Å². The third kappa shape index (κ3) is 3.81. The standard InChI is InChI=1S/C13H15ClN4O/c1-2-4-11-16-12(18-15)8-13(17-11)19-10-6-3-5-9(14)7-10/h3,5-8H,2,4,15H2,1H3,(H,16,17,18). The number of nitrogen functional groups attached to an aromatic ring is 1. The lowest BCUT2D eigenvalue weighted by Crippen LogP contribution is -2.10. The Labute approximate surface area is 116 Å². The molecule has 2 aromatic rings. The van der Waals surface area contributed by atoms with Crippen LogP contribution in [0.1, 0.15) is 19.2 Å². The Morgan fingerprint density at radius 1 is 1.32 bits per heavy atom. The molecule has 19 heavy (non-hydrogen) atoms. The van der Waals surface area contributed by atoms with Gasteiger partial charge in [0.1, 0.15) is 17.4 Å². The van der Waals surface area contributed by atoms with Gasteiger partial charge in [-0.25, -0.2) is 10.8 Å². The van der Waals surface area contributed by atoms with Crippen LogP contribution in [0.3, 0.4) is 0 Å². The van der Waals surface area contributed by atoms with Crippen molar-refractivity contribution in [2.75, 3.05) is 5.43 Å². The van der Waals surface area contributed by atoms with Crippen LogP contribution in [0.2, 0.25) is 5.02 Å². The molecule has 1 aromatic heterocycles. The molecule has 2 rings (SSSR count). The number of nitrogens with one attached hydrogen (secondary N) is 1. The van der Waals surface area contributed by atoms with Crippen LogP contribution in [0, 0.1) is 0 Å². The van der Waals surface area contributed by atoms with E-state index in [0.29, 0.717) is 28.3 Å². The van der Waals surface area contributed by atoms with Gasteiger partial charge in [0.15, 0.2) is 0 Å². The van der Waals surface area contributed by atoms with Gasteiger partial charge in [-0.1, -0.05) is 24.6 Å². The van der Waals surface area contributed by atoms with Gasteiger partial charge in [0.2, 0.25) is 5.88 Å². The van der Waals surface area contributed by atoms with Crippen molar-refractivity contribution in [1.82, 2.24) is 9.97 Å². The minimum Gasteiger partial charge on any atom is -0.439 e. The summed E-state index contributed by atoms with van der Waals surface area (Å²) in [5.74, 6) is 7.66. The van der Waals surface area contributed by atoms with E-state index in [9.17, 15) is 0 Å². The van der Waals surface area contributed by atoms with E-state index >= 15 is 0 Å². The highest BCUT2D eigenvalue weighted by Crippen LogP contribution is 2.24. The topological polar surface area (TPSA) is 73.1 Å². The molecule has 0 unspecified atom stereocenters. The van der Waals surface area contributed by atoms with E-state index in [2.05, 4.69) is 22.3 Å². The molecule has 0 bridgehead atoms. The van der Waals surface area contributed by atoms with Crippen LogP contribution in [0.4, 0.5) is 5.82 Å². The van der Waals surface area contributed by atoms with Gasteiger partial charge in [-0.2, -0.15) is 4.98 Å². The second-order valence-corrected chi connectivity index (χ2v) is 4.40. The first-order valence-corrected chi connectivity index (χ1v) is 6.37. The van der Waals surface area contributed by atoms with Crippen molar-refractivity contribution < 1.29 is 4.74 Å². The SMILES string of the molecule is CCCc1nc(NN)cc(Oc2cccc(Cl)c2)n1. The number of nitrogens with two attached hydrogens (primary N) is 1. The quantitative estimate of drug-likeness (QED) is 0.649. The Hall–Kier alpha value is -1.85. The molecule has 0 radical (unpaired) electrons. The van der Waals surface area contributed by atoms with Gasteiger partial charge in [-0.3, -0.25) is 0 Å². The van der Waals surface area contributed by atoms with E-state index in [1.165, 1.54) is 0 Å². The molecule has 0 amide bonds. The maximum absolute atomic E-state index is 5.91. The summed E-state index contributed by atoms with van der Waals surface area (Å²) in [5.41, 5.74) is 2.51. The first-order valence-electron chi connectivity index (χ1n) is 5.99. The molecule has 0 saturated heterocycles. The lowest BCUT2D eigenvalue weighted by molar-refractivity contribution is 0.458. The van der Waals surface area contributed by atoms with Crippen LogP contribution >= 0.6 is 11.6 Å². The minimum atomic E-state index is 0.439. The van der Waals surface area contributed by atoms with Crippen LogP contribution in [-0.2, 0) is 6.42 Å². The molecule has 0 atom stereocenters. The zero-order valence-corrected chi connectivity index (χ0v) is 11.3. The molecule has 3 N–H and O–H groups in total. The van der Waals surface area contributed by atoms with E-state index in [1.807, 2.05) is 12.1 Å². The molecule has 1 heterocycles. The summed E-state index contributed by atoms with van der Waals surface area (Å²) in [6.07, 6.45) is 1.71. The van der Waals surface area contributed by atoms with Gasteiger partial charge in [0.05, 0.1) is 0 Å². The van der Waals surface area contributed by atoms with Crippen LogP contribution in [0.5, 0.6) is 11.6 Å². The molecule has 1 aromatic carbocycles. The van der Waals surface area contributed by atoms with Gasteiger partial charge in [0, 0.05) is 17.5 Å². The van der Waals surface area contributed by atoms with Gasteiger partial charge in [-0.15, -0.1) is 0 Å². The summed E-state index contributed by atoms with van der Waals surface area (Å²) in [6.45, 7) is 2.06. The lowest BCUT2D eigenvalue weighted by Gasteiger charge is -2.08. The average molecular weight is 279 g/mol. The number of benzene rings is 1.